The number of aromatic nitrogens is 3. The number of hydrogen-bond donors (Lipinski definition) is 2. The van der Waals surface area contributed by atoms with Gasteiger partial charge in [0.1, 0.15) is 6.10 Å². The van der Waals surface area contributed by atoms with Gasteiger partial charge in [-0.1, -0.05) is 0 Å². The number of methoxy groups -OCH3 is 1. The van der Waals surface area contributed by atoms with Crippen molar-refractivity contribution in [3.63, 3.8) is 0 Å². The fourth-order valence-electron chi connectivity index (χ4n) is 4.56. The number of rotatable bonds is 6. The Bertz CT molecular complexity index is 937. The summed E-state index contributed by atoms with van der Waals surface area (Å²) in [5.74, 6) is 1.03. The van der Waals surface area contributed by atoms with Crippen molar-refractivity contribution in [2.75, 3.05) is 12.4 Å². The number of H-pyrrole nitrogens is 1. The van der Waals surface area contributed by atoms with Gasteiger partial charge in [0.2, 0.25) is 11.8 Å². The van der Waals surface area contributed by atoms with Crippen LogP contribution >= 0.6 is 0 Å². The summed E-state index contributed by atoms with van der Waals surface area (Å²) in [6.07, 6.45) is 5.06. The number of pyridine rings is 1. The van der Waals surface area contributed by atoms with Gasteiger partial charge < -0.3 is 19.7 Å². The lowest BCUT2D eigenvalue weighted by Crippen LogP contribution is -2.56. The van der Waals surface area contributed by atoms with E-state index in [0.717, 1.165) is 36.9 Å². The summed E-state index contributed by atoms with van der Waals surface area (Å²) in [6, 6.07) is 5.88. The van der Waals surface area contributed by atoms with E-state index in [0.29, 0.717) is 11.7 Å². The van der Waals surface area contributed by atoms with Crippen LogP contribution in [0.4, 0.5) is 10.6 Å². The van der Waals surface area contributed by atoms with Crippen LogP contribution in [0.15, 0.2) is 24.4 Å². The van der Waals surface area contributed by atoms with Gasteiger partial charge in [-0.05, 0) is 51.2 Å². The highest BCUT2D eigenvalue weighted by molar-refractivity contribution is 5.91. The molecular weight excluding hydrogens is 398 g/mol. The summed E-state index contributed by atoms with van der Waals surface area (Å²) in [7, 11) is 1.54. The third-order valence-corrected chi connectivity index (χ3v) is 6.17. The van der Waals surface area contributed by atoms with Crippen LogP contribution < -0.4 is 10.1 Å². The summed E-state index contributed by atoms with van der Waals surface area (Å²) < 4.78 is 10.8. The van der Waals surface area contributed by atoms with Gasteiger partial charge in [0.25, 0.3) is 0 Å². The Balaban J connectivity index is 1.27. The number of nitrogens with zero attached hydrogens (tertiary/aromatic N) is 3. The lowest BCUT2D eigenvalue weighted by molar-refractivity contribution is -0.115. The SMILES string of the molecule is COc1cc(CC(=O)Nc2cc([C@H]3CCC(OC(=O)N4[C@@H](C)C[C@@H]4C)C3)[nH]n2)ccn1. The van der Waals surface area contributed by atoms with E-state index in [1.165, 1.54) is 7.11 Å². The maximum absolute atomic E-state index is 12.4. The van der Waals surface area contributed by atoms with Gasteiger partial charge in [-0.2, -0.15) is 5.10 Å². The predicted molar refractivity (Wildman–Crippen MR) is 114 cm³/mol. The van der Waals surface area contributed by atoms with Crippen molar-refractivity contribution in [1.29, 1.82) is 0 Å². The zero-order valence-electron chi connectivity index (χ0n) is 18.1. The van der Waals surface area contributed by atoms with E-state index in [-0.39, 0.29) is 42.5 Å². The number of likely N-dealkylation sites (tertiary alicyclic amines) is 1. The average Bonchev–Trinajstić information content (AvgIpc) is 3.37. The average molecular weight is 428 g/mol. The zero-order valence-corrected chi connectivity index (χ0v) is 18.1. The van der Waals surface area contributed by atoms with Gasteiger partial charge in [0.15, 0.2) is 5.82 Å². The Morgan fingerprint density at radius 1 is 1.23 bits per heavy atom. The van der Waals surface area contributed by atoms with Crippen LogP contribution in [-0.2, 0) is 16.0 Å². The Kier molecular flexibility index (Phi) is 6.11. The van der Waals surface area contributed by atoms with Crippen LogP contribution in [0.1, 0.15) is 56.7 Å². The van der Waals surface area contributed by atoms with E-state index < -0.39 is 0 Å². The van der Waals surface area contributed by atoms with Crippen molar-refractivity contribution in [1.82, 2.24) is 20.1 Å². The van der Waals surface area contributed by atoms with Crippen molar-refractivity contribution < 1.29 is 19.1 Å². The molecule has 9 nitrogen and oxygen atoms in total. The maximum Gasteiger partial charge on any atom is 0.410 e. The number of nitrogens with one attached hydrogen (secondary N) is 2. The summed E-state index contributed by atoms with van der Waals surface area (Å²) >= 11 is 0. The van der Waals surface area contributed by atoms with Gasteiger partial charge >= 0.3 is 6.09 Å². The molecule has 2 amide bonds. The van der Waals surface area contributed by atoms with E-state index >= 15 is 0 Å². The van der Waals surface area contributed by atoms with E-state index in [9.17, 15) is 9.59 Å². The molecule has 3 heterocycles. The van der Waals surface area contributed by atoms with Crippen LogP contribution in [0.25, 0.3) is 0 Å². The third-order valence-electron chi connectivity index (χ3n) is 6.17. The number of amides is 2. The number of anilines is 1. The molecule has 31 heavy (non-hydrogen) atoms. The van der Waals surface area contributed by atoms with Crippen molar-refractivity contribution in [2.24, 2.45) is 0 Å². The van der Waals surface area contributed by atoms with Crippen molar-refractivity contribution in [3.05, 3.63) is 35.7 Å². The summed E-state index contributed by atoms with van der Waals surface area (Å²) in [4.78, 5) is 30.6. The highest BCUT2D eigenvalue weighted by Crippen LogP contribution is 2.37. The molecule has 2 aromatic heterocycles. The first kappa shape index (κ1) is 21.1. The standard InChI is InChI=1S/C22H29N5O4/c1-13-8-14(2)27(13)22(29)31-17-5-4-16(11-17)18-12-19(26-25-18)24-20(28)9-15-6-7-23-21(10-15)30-3/h6-7,10,12-14,16-17H,4-5,8-9,11H2,1-3H3,(H2,24,25,26,28)/t13-,14-,16-,17?/m0/s1. The minimum Gasteiger partial charge on any atom is -0.481 e. The normalized spacial score (nSPS) is 25.1. The van der Waals surface area contributed by atoms with Crippen molar-refractivity contribution >= 4 is 17.8 Å². The van der Waals surface area contributed by atoms with Crippen LogP contribution in [0.2, 0.25) is 0 Å². The van der Waals surface area contributed by atoms with Gasteiger partial charge in [-0.25, -0.2) is 9.78 Å². The van der Waals surface area contributed by atoms with E-state index in [2.05, 4.69) is 20.5 Å². The van der Waals surface area contributed by atoms with Crippen LogP contribution in [0.5, 0.6) is 5.88 Å². The number of ether oxygens (including phenoxy) is 2. The summed E-state index contributed by atoms with van der Waals surface area (Å²) in [5.41, 5.74) is 1.76. The molecule has 4 atom stereocenters. The van der Waals surface area contributed by atoms with Crippen LogP contribution in [0, 0.1) is 0 Å². The Morgan fingerprint density at radius 2 is 2.03 bits per heavy atom. The molecule has 2 N–H and O–H groups in total. The molecule has 1 saturated heterocycles. The summed E-state index contributed by atoms with van der Waals surface area (Å²) in [6.45, 7) is 4.09. The number of aromatic amines is 1. The molecule has 0 bridgehead atoms. The smallest absolute Gasteiger partial charge is 0.410 e. The molecule has 1 unspecified atom stereocenters. The second-order valence-electron chi connectivity index (χ2n) is 8.50. The molecule has 0 radical (unpaired) electrons. The molecule has 2 fully saturated rings. The number of carbonyl (C=O) groups is 2. The molecule has 166 valence electrons. The Hall–Kier alpha value is -3.10. The lowest BCUT2D eigenvalue weighted by Gasteiger charge is -2.44. The second kappa shape index (κ2) is 8.95. The predicted octanol–water partition coefficient (Wildman–Crippen LogP) is 3.25. The molecule has 4 rings (SSSR count). The van der Waals surface area contributed by atoms with E-state index in [1.54, 1.807) is 18.3 Å². The van der Waals surface area contributed by atoms with Crippen LogP contribution in [-0.4, -0.2) is 57.4 Å². The van der Waals surface area contributed by atoms with Gasteiger partial charge in [-0.3, -0.25) is 9.89 Å². The van der Waals surface area contributed by atoms with Gasteiger partial charge in [0, 0.05) is 42.0 Å². The monoisotopic (exact) mass is 427 g/mol. The largest absolute Gasteiger partial charge is 0.481 e. The summed E-state index contributed by atoms with van der Waals surface area (Å²) in [5, 5.41) is 10.1. The highest BCUT2D eigenvalue weighted by Gasteiger charge is 2.39. The van der Waals surface area contributed by atoms with Crippen LogP contribution in [0.3, 0.4) is 0 Å². The van der Waals surface area contributed by atoms with Crippen molar-refractivity contribution in [2.45, 2.75) is 70.1 Å². The fraction of sp³-hybridized carbons (Fsp3) is 0.545. The molecule has 1 aliphatic carbocycles. The Labute approximate surface area is 181 Å². The Morgan fingerprint density at radius 3 is 2.77 bits per heavy atom. The molecule has 9 heteroatoms. The minimum absolute atomic E-state index is 0.0829. The molecule has 2 aliphatic rings. The topological polar surface area (TPSA) is 109 Å². The fourth-order valence-corrected chi connectivity index (χ4v) is 4.56. The second-order valence-corrected chi connectivity index (χ2v) is 8.50. The zero-order chi connectivity index (χ0) is 22.0. The van der Waals surface area contributed by atoms with E-state index in [1.807, 2.05) is 24.8 Å². The third kappa shape index (κ3) is 4.81. The number of hydrogen-bond acceptors (Lipinski definition) is 6. The first-order valence-electron chi connectivity index (χ1n) is 10.8. The lowest BCUT2D eigenvalue weighted by atomic mass is 9.97. The molecule has 0 aromatic carbocycles. The minimum atomic E-state index is -0.206. The molecule has 1 aliphatic heterocycles. The van der Waals surface area contributed by atoms with Crippen molar-refractivity contribution in [3.8, 4) is 5.88 Å². The molecule has 2 aromatic rings. The first-order valence-corrected chi connectivity index (χ1v) is 10.8. The number of carbonyl (C=O) groups excluding carboxylic acids is 2. The maximum atomic E-state index is 12.4. The first-order chi connectivity index (χ1) is 14.9. The highest BCUT2D eigenvalue weighted by atomic mass is 16.6. The molecule has 0 spiro atoms. The van der Waals surface area contributed by atoms with E-state index in [4.69, 9.17) is 9.47 Å². The quantitative estimate of drug-likeness (QED) is 0.732. The van der Waals surface area contributed by atoms with Gasteiger partial charge in [-0.15, -0.1) is 0 Å². The molecular formula is C22H29N5O4. The van der Waals surface area contributed by atoms with Gasteiger partial charge in [0.05, 0.1) is 13.5 Å². The molecule has 1 saturated carbocycles.